The lowest BCUT2D eigenvalue weighted by Crippen LogP contribution is -1.99. The molecule has 0 saturated carbocycles. The Morgan fingerprint density at radius 1 is 0.926 bits per heavy atom. The predicted molar refractivity (Wildman–Crippen MR) is 112 cm³/mol. The molecule has 0 atom stereocenters. The zero-order valence-corrected chi connectivity index (χ0v) is 16.2. The second-order valence-electron chi connectivity index (χ2n) is 7.27. The number of aromatic nitrogens is 1. The van der Waals surface area contributed by atoms with Gasteiger partial charge in [-0.1, -0.05) is 63.3 Å². The first kappa shape index (κ1) is 19.0. The molecule has 2 aromatic carbocycles. The van der Waals surface area contributed by atoms with E-state index in [1.807, 2.05) is 0 Å². The van der Waals surface area contributed by atoms with Gasteiger partial charge in [-0.3, -0.25) is 0 Å². The van der Waals surface area contributed by atoms with E-state index >= 15 is 0 Å². The van der Waals surface area contributed by atoms with Gasteiger partial charge in [-0.25, -0.2) is 6.57 Å². The number of nitriles is 1. The average Bonchev–Trinajstić information content (AvgIpc) is 2.98. The average molecular weight is 358 g/mol. The van der Waals surface area contributed by atoms with Gasteiger partial charge in [0.2, 0.25) is 6.54 Å². The second-order valence-corrected chi connectivity index (χ2v) is 7.27. The summed E-state index contributed by atoms with van der Waals surface area (Å²) in [6.07, 6.45) is 8.08. The van der Waals surface area contributed by atoms with Crippen LogP contribution in [0.5, 0.6) is 0 Å². The van der Waals surface area contributed by atoms with Crippen molar-refractivity contribution in [1.82, 2.24) is 4.57 Å². The van der Waals surface area contributed by atoms with E-state index in [2.05, 4.69) is 58.8 Å². The lowest BCUT2D eigenvalue weighted by atomic mass is 10.1. The van der Waals surface area contributed by atoms with Gasteiger partial charge in [-0.2, -0.15) is 5.26 Å². The molecule has 3 heteroatoms. The normalized spacial score (nSPS) is 10.9. The number of hydrogen-bond donors (Lipinski definition) is 0. The first-order valence-corrected chi connectivity index (χ1v) is 10.0. The monoisotopic (exact) mass is 357 g/mol. The largest absolute Gasteiger partial charge is 0.340 e. The fourth-order valence-corrected chi connectivity index (χ4v) is 3.87. The minimum Gasteiger partial charge on any atom is -0.340 e. The summed E-state index contributed by atoms with van der Waals surface area (Å²) < 4.78 is 2.40. The number of fused-ring (bicyclic) bond motifs is 3. The number of benzene rings is 2. The standard InChI is InChI=1S/C24H27N3/c1-3-4-5-6-7-8-15-27-23-16-19(13-14-25)9-11-21(23)22-12-10-20(18-26-2)17-24(22)27/h9-12,16-17H,3-8,13,15,18H2,1H3. The Labute approximate surface area is 162 Å². The molecule has 0 amide bonds. The molecular weight excluding hydrogens is 330 g/mol. The zero-order valence-electron chi connectivity index (χ0n) is 16.2. The lowest BCUT2D eigenvalue weighted by molar-refractivity contribution is 0.571. The van der Waals surface area contributed by atoms with Crippen LogP contribution in [0, 0.1) is 17.9 Å². The smallest absolute Gasteiger partial charge is 0.239 e. The van der Waals surface area contributed by atoms with Gasteiger partial charge in [0, 0.05) is 33.9 Å². The van der Waals surface area contributed by atoms with Crippen LogP contribution in [0.1, 0.15) is 56.6 Å². The van der Waals surface area contributed by atoms with E-state index in [0.717, 1.165) is 24.1 Å². The van der Waals surface area contributed by atoms with Crippen molar-refractivity contribution in [3.63, 3.8) is 0 Å². The molecule has 0 fully saturated rings. The van der Waals surface area contributed by atoms with Crippen LogP contribution in [0.25, 0.3) is 26.7 Å². The molecule has 0 aliphatic carbocycles. The van der Waals surface area contributed by atoms with Crippen LogP contribution in [0.3, 0.4) is 0 Å². The SMILES string of the molecule is [C-]#[N+]Cc1ccc2c3ccc(CC#N)cc3n(CCCCCCCC)c2c1. The van der Waals surface area contributed by atoms with E-state index in [-0.39, 0.29) is 0 Å². The molecule has 0 bridgehead atoms. The summed E-state index contributed by atoms with van der Waals surface area (Å²) in [6.45, 7) is 10.8. The van der Waals surface area contributed by atoms with Crippen LogP contribution in [0.4, 0.5) is 0 Å². The third-order valence-electron chi connectivity index (χ3n) is 5.28. The van der Waals surface area contributed by atoms with Crippen LogP contribution >= 0.6 is 0 Å². The van der Waals surface area contributed by atoms with E-state index < -0.39 is 0 Å². The summed E-state index contributed by atoms with van der Waals surface area (Å²) in [7, 11) is 0. The van der Waals surface area contributed by atoms with Crippen molar-refractivity contribution in [1.29, 1.82) is 5.26 Å². The Kier molecular flexibility index (Phi) is 6.50. The van der Waals surface area contributed by atoms with Gasteiger partial charge in [0.25, 0.3) is 0 Å². The van der Waals surface area contributed by atoms with Gasteiger partial charge in [-0.05, 0) is 24.1 Å². The van der Waals surface area contributed by atoms with E-state index in [1.54, 1.807) is 0 Å². The highest BCUT2D eigenvalue weighted by Gasteiger charge is 2.12. The van der Waals surface area contributed by atoms with Crippen molar-refractivity contribution in [2.24, 2.45) is 0 Å². The highest BCUT2D eigenvalue weighted by molar-refractivity contribution is 6.08. The molecule has 1 heterocycles. The number of unbranched alkanes of at least 4 members (excludes halogenated alkanes) is 5. The molecule has 0 aliphatic rings. The van der Waals surface area contributed by atoms with E-state index in [4.69, 9.17) is 11.8 Å². The maximum atomic E-state index is 9.06. The van der Waals surface area contributed by atoms with Crippen LogP contribution in [0.2, 0.25) is 0 Å². The second kappa shape index (κ2) is 9.24. The fourth-order valence-electron chi connectivity index (χ4n) is 3.87. The maximum Gasteiger partial charge on any atom is 0.239 e. The molecule has 0 spiro atoms. The lowest BCUT2D eigenvalue weighted by Gasteiger charge is -2.08. The highest BCUT2D eigenvalue weighted by Crippen LogP contribution is 2.31. The van der Waals surface area contributed by atoms with Gasteiger partial charge >= 0.3 is 0 Å². The van der Waals surface area contributed by atoms with Crippen molar-refractivity contribution >= 4 is 21.8 Å². The molecule has 1 aromatic heterocycles. The van der Waals surface area contributed by atoms with Crippen molar-refractivity contribution < 1.29 is 0 Å². The Balaban J connectivity index is 1.96. The van der Waals surface area contributed by atoms with E-state index in [1.165, 1.54) is 53.9 Å². The number of rotatable bonds is 9. The summed E-state index contributed by atoms with van der Waals surface area (Å²) in [4.78, 5) is 3.54. The van der Waals surface area contributed by atoms with Gasteiger partial charge in [0.05, 0.1) is 12.5 Å². The summed E-state index contributed by atoms with van der Waals surface area (Å²) in [5, 5.41) is 11.5. The molecule has 0 saturated heterocycles. The summed E-state index contributed by atoms with van der Waals surface area (Å²) in [5.41, 5.74) is 4.57. The van der Waals surface area contributed by atoms with Crippen LogP contribution in [-0.4, -0.2) is 4.57 Å². The van der Waals surface area contributed by atoms with Gasteiger partial charge in [0.1, 0.15) is 0 Å². The van der Waals surface area contributed by atoms with Crippen LogP contribution in [0.15, 0.2) is 36.4 Å². The molecule has 0 radical (unpaired) electrons. The summed E-state index contributed by atoms with van der Waals surface area (Å²) in [6, 6.07) is 15.0. The molecule has 138 valence electrons. The third kappa shape index (κ3) is 4.32. The fraction of sp³-hybridized carbons (Fsp3) is 0.417. The molecule has 27 heavy (non-hydrogen) atoms. The van der Waals surface area contributed by atoms with Gasteiger partial charge in [-0.15, -0.1) is 0 Å². The minimum absolute atomic E-state index is 0.425. The summed E-state index contributed by atoms with van der Waals surface area (Å²) >= 11 is 0. The van der Waals surface area contributed by atoms with Crippen LogP contribution in [-0.2, 0) is 19.5 Å². The third-order valence-corrected chi connectivity index (χ3v) is 5.28. The quantitative estimate of drug-likeness (QED) is 0.312. The molecule has 3 aromatic rings. The van der Waals surface area contributed by atoms with E-state index in [0.29, 0.717) is 13.0 Å². The highest BCUT2D eigenvalue weighted by atomic mass is 15.0. The predicted octanol–water partition coefficient (Wildman–Crippen LogP) is 6.64. The number of aryl methyl sites for hydroxylation is 1. The van der Waals surface area contributed by atoms with E-state index in [9.17, 15) is 0 Å². The van der Waals surface area contributed by atoms with Crippen molar-refractivity contribution in [3.05, 3.63) is 58.9 Å². The van der Waals surface area contributed by atoms with Crippen molar-refractivity contribution in [2.75, 3.05) is 0 Å². The molecule has 0 aliphatic heterocycles. The molecular formula is C24H27N3. The van der Waals surface area contributed by atoms with Crippen molar-refractivity contribution in [2.45, 2.75) is 65.0 Å². The minimum atomic E-state index is 0.425. The Morgan fingerprint density at radius 2 is 1.56 bits per heavy atom. The molecule has 3 nitrogen and oxygen atoms in total. The first-order valence-electron chi connectivity index (χ1n) is 10.0. The molecule has 0 unspecified atom stereocenters. The Morgan fingerprint density at radius 3 is 2.22 bits per heavy atom. The Hall–Kier alpha value is -2.78. The molecule has 0 N–H and O–H groups in total. The maximum absolute atomic E-state index is 9.06. The van der Waals surface area contributed by atoms with Crippen LogP contribution < -0.4 is 0 Å². The zero-order chi connectivity index (χ0) is 19.1. The summed E-state index contributed by atoms with van der Waals surface area (Å²) in [5.74, 6) is 0. The first-order chi connectivity index (χ1) is 13.3. The topological polar surface area (TPSA) is 33.1 Å². The molecule has 3 rings (SSSR count). The van der Waals surface area contributed by atoms with Gasteiger partial charge < -0.3 is 9.41 Å². The number of nitrogens with zero attached hydrogens (tertiary/aromatic N) is 3. The number of hydrogen-bond acceptors (Lipinski definition) is 1. The van der Waals surface area contributed by atoms with Crippen molar-refractivity contribution in [3.8, 4) is 6.07 Å². The van der Waals surface area contributed by atoms with Gasteiger partial charge in [0.15, 0.2) is 0 Å². The Bertz CT molecular complexity index is 925.